The van der Waals surface area contributed by atoms with Crippen LogP contribution in [0, 0.1) is 11.6 Å². The van der Waals surface area contributed by atoms with Gasteiger partial charge in [0.25, 0.3) is 0 Å². The Hall–Kier alpha value is -2.24. The summed E-state index contributed by atoms with van der Waals surface area (Å²) in [4.78, 5) is 21.6. The van der Waals surface area contributed by atoms with Gasteiger partial charge in [0.15, 0.2) is 17.7 Å². The first-order valence-corrected chi connectivity index (χ1v) is 4.14. The first-order chi connectivity index (χ1) is 7.54. The molecule has 0 aliphatic carbocycles. The van der Waals surface area contributed by atoms with E-state index >= 15 is 0 Å². The molecule has 0 saturated heterocycles. The zero-order valence-electron chi connectivity index (χ0n) is 7.66. The second kappa shape index (κ2) is 3.41. The minimum Gasteiger partial charge on any atom is -0.506 e. The Morgan fingerprint density at radius 1 is 1.31 bits per heavy atom. The van der Waals surface area contributed by atoms with Crippen molar-refractivity contribution in [2.45, 2.75) is 0 Å². The SMILES string of the molecule is O=Cc1c(O)c2cc(F)cc(F)c2oc1=O. The van der Waals surface area contributed by atoms with Crippen LogP contribution in [0.4, 0.5) is 8.78 Å². The highest BCUT2D eigenvalue weighted by Gasteiger charge is 2.16. The lowest BCUT2D eigenvalue weighted by Gasteiger charge is -2.02. The van der Waals surface area contributed by atoms with Crippen molar-refractivity contribution >= 4 is 17.3 Å². The van der Waals surface area contributed by atoms with Crippen LogP contribution in [0.2, 0.25) is 0 Å². The predicted molar refractivity (Wildman–Crippen MR) is 49.5 cm³/mol. The molecular formula is C10H4F2O4. The van der Waals surface area contributed by atoms with Gasteiger partial charge < -0.3 is 9.52 Å². The topological polar surface area (TPSA) is 67.5 Å². The maximum Gasteiger partial charge on any atom is 0.350 e. The van der Waals surface area contributed by atoms with Gasteiger partial charge in [0.2, 0.25) is 0 Å². The Balaban J connectivity index is 3.04. The molecule has 1 N–H and O–H groups in total. The molecule has 0 fully saturated rings. The molecule has 0 bridgehead atoms. The van der Waals surface area contributed by atoms with Crippen LogP contribution in [0.15, 0.2) is 21.3 Å². The zero-order valence-corrected chi connectivity index (χ0v) is 7.66. The molecule has 0 aliphatic heterocycles. The third-order valence-corrected chi connectivity index (χ3v) is 2.05. The number of hydrogen-bond donors (Lipinski definition) is 1. The molecule has 2 rings (SSSR count). The highest BCUT2D eigenvalue weighted by molar-refractivity contribution is 5.92. The van der Waals surface area contributed by atoms with Gasteiger partial charge in [-0.1, -0.05) is 0 Å². The normalized spacial score (nSPS) is 10.6. The Kier molecular flexibility index (Phi) is 2.19. The number of benzene rings is 1. The van der Waals surface area contributed by atoms with Gasteiger partial charge in [-0.2, -0.15) is 0 Å². The van der Waals surface area contributed by atoms with E-state index in [0.29, 0.717) is 6.07 Å². The van der Waals surface area contributed by atoms with Gasteiger partial charge in [0, 0.05) is 6.07 Å². The Morgan fingerprint density at radius 3 is 2.62 bits per heavy atom. The molecule has 4 nitrogen and oxygen atoms in total. The van der Waals surface area contributed by atoms with Crippen LogP contribution in [0.25, 0.3) is 11.0 Å². The summed E-state index contributed by atoms with van der Waals surface area (Å²) in [7, 11) is 0. The van der Waals surface area contributed by atoms with Crippen molar-refractivity contribution in [2.75, 3.05) is 0 Å². The van der Waals surface area contributed by atoms with Gasteiger partial charge in [-0.3, -0.25) is 4.79 Å². The van der Waals surface area contributed by atoms with Gasteiger partial charge in [-0.05, 0) is 6.07 Å². The van der Waals surface area contributed by atoms with Crippen LogP contribution >= 0.6 is 0 Å². The van der Waals surface area contributed by atoms with E-state index in [1.165, 1.54) is 0 Å². The molecule has 1 aromatic carbocycles. The van der Waals surface area contributed by atoms with Gasteiger partial charge in [-0.25, -0.2) is 13.6 Å². The highest BCUT2D eigenvalue weighted by Crippen LogP contribution is 2.27. The highest BCUT2D eigenvalue weighted by atomic mass is 19.1. The second-order valence-electron chi connectivity index (χ2n) is 3.03. The molecule has 2 aromatic rings. The molecule has 0 unspecified atom stereocenters. The summed E-state index contributed by atoms with van der Waals surface area (Å²) in [6, 6.07) is 1.27. The van der Waals surface area contributed by atoms with E-state index in [1.807, 2.05) is 0 Å². The number of fused-ring (bicyclic) bond motifs is 1. The maximum absolute atomic E-state index is 13.2. The van der Waals surface area contributed by atoms with E-state index in [4.69, 9.17) is 0 Å². The molecule has 0 amide bonds. The third kappa shape index (κ3) is 1.35. The fraction of sp³-hybridized carbons (Fsp3) is 0. The van der Waals surface area contributed by atoms with E-state index in [2.05, 4.69) is 4.42 Å². The minimum absolute atomic E-state index is 0.0589. The number of aldehydes is 1. The van der Waals surface area contributed by atoms with Crippen molar-refractivity contribution in [2.24, 2.45) is 0 Å². The summed E-state index contributed by atoms with van der Waals surface area (Å²) < 4.78 is 30.5. The molecule has 0 saturated carbocycles. The summed E-state index contributed by atoms with van der Waals surface area (Å²) in [5.74, 6) is -2.87. The van der Waals surface area contributed by atoms with Crippen LogP contribution < -0.4 is 5.63 Å². The number of hydrogen-bond acceptors (Lipinski definition) is 4. The average Bonchev–Trinajstić information content (AvgIpc) is 2.21. The van der Waals surface area contributed by atoms with Crippen LogP contribution in [0.5, 0.6) is 5.75 Å². The molecular weight excluding hydrogens is 222 g/mol. The van der Waals surface area contributed by atoms with Crippen LogP contribution in [0.1, 0.15) is 10.4 Å². The summed E-state index contributed by atoms with van der Waals surface area (Å²) in [6.07, 6.45) is 0.0589. The molecule has 1 heterocycles. The van der Waals surface area contributed by atoms with Crippen LogP contribution in [-0.4, -0.2) is 11.4 Å². The minimum atomic E-state index is -1.18. The summed E-state index contributed by atoms with van der Waals surface area (Å²) in [5.41, 5.74) is -2.43. The number of carbonyl (C=O) groups excluding carboxylic acids is 1. The number of rotatable bonds is 1. The summed E-state index contributed by atoms with van der Waals surface area (Å²) >= 11 is 0. The molecule has 0 radical (unpaired) electrons. The van der Waals surface area contributed by atoms with E-state index in [0.717, 1.165) is 6.07 Å². The van der Waals surface area contributed by atoms with Gasteiger partial charge in [0.05, 0.1) is 5.39 Å². The maximum atomic E-state index is 13.2. The molecule has 6 heteroatoms. The first kappa shape index (κ1) is 10.3. The van der Waals surface area contributed by atoms with Crippen molar-refractivity contribution in [3.63, 3.8) is 0 Å². The van der Waals surface area contributed by atoms with Crippen molar-refractivity contribution in [1.29, 1.82) is 0 Å². The number of halogens is 2. The fourth-order valence-electron chi connectivity index (χ4n) is 1.33. The van der Waals surface area contributed by atoms with Gasteiger partial charge in [-0.15, -0.1) is 0 Å². The Labute approximate surface area is 86.7 Å². The Bertz CT molecular complexity index is 645. The Morgan fingerprint density at radius 2 is 2.00 bits per heavy atom. The largest absolute Gasteiger partial charge is 0.506 e. The van der Waals surface area contributed by atoms with E-state index < -0.39 is 34.2 Å². The quantitative estimate of drug-likeness (QED) is 0.592. The van der Waals surface area contributed by atoms with E-state index in [1.54, 1.807) is 0 Å². The smallest absolute Gasteiger partial charge is 0.350 e. The number of carbonyl (C=O) groups is 1. The molecule has 82 valence electrons. The second-order valence-corrected chi connectivity index (χ2v) is 3.03. The van der Waals surface area contributed by atoms with Crippen LogP contribution in [-0.2, 0) is 0 Å². The molecule has 0 atom stereocenters. The molecule has 1 aromatic heterocycles. The zero-order chi connectivity index (χ0) is 11.9. The monoisotopic (exact) mass is 226 g/mol. The third-order valence-electron chi connectivity index (χ3n) is 2.05. The van der Waals surface area contributed by atoms with E-state index in [-0.39, 0.29) is 11.7 Å². The van der Waals surface area contributed by atoms with Crippen molar-refractivity contribution in [3.05, 3.63) is 39.8 Å². The fourth-order valence-corrected chi connectivity index (χ4v) is 1.33. The first-order valence-electron chi connectivity index (χ1n) is 4.14. The predicted octanol–water partition coefficient (Wildman–Crippen LogP) is 1.59. The van der Waals surface area contributed by atoms with E-state index in [9.17, 15) is 23.5 Å². The standard InChI is InChI=1S/C10H4F2O4/c11-4-1-5-8(14)6(3-13)10(15)16-9(5)7(12)2-4/h1-3,14H. The molecule has 0 spiro atoms. The lowest BCUT2D eigenvalue weighted by Crippen LogP contribution is -2.07. The number of aromatic hydroxyl groups is 1. The molecule has 0 aliphatic rings. The lowest BCUT2D eigenvalue weighted by atomic mass is 10.1. The summed E-state index contributed by atoms with van der Waals surface area (Å²) in [6.45, 7) is 0. The van der Waals surface area contributed by atoms with Crippen molar-refractivity contribution < 1.29 is 23.1 Å². The van der Waals surface area contributed by atoms with Crippen molar-refractivity contribution in [3.8, 4) is 5.75 Å². The van der Waals surface area contributed by atoms with Crippen LogP contribution in [0.3, 0.4) is 0 Å². The van der Waals surface area contributed by atoms with Crippen molar-refractivity contribution in [1.82, 2.24) is 0 Å². The average molecular weight is 226 g/mol. The van der Waals surface area contributed by atoms with Gasteiger partial charge >= 0.3 is 5.63 Å². The lowest BCUT2D eigenvalue weighted by molar-refractivity contribution is 0.111. The molecule has 16 heavy (non-hydrogen) atoms. The van der Waals surface area contributed by atoms with Gasteiger partial charge in [0.1, 0.15) is 17.1 Å². The summed E-state index contributed by atoms with van der Waals surface area (Å²) in [5, 5.41) is 9.09.